The fourth-order valence-electron chi connectivity index (χ4n) is 2.40. The molecule has 2 heterocycles. The normalized spacial score (nSPS) is 34.4. The Morgan fingerprint density at radius 2 is 2.14 bits per heavy atom. The van der Waals surface area contributed by atoms with Gasteiger partial charge in [0.2, 0.25) is 0 Å². The van der Waals surface area contributed by atoms with Crippen LogP contribution in [-0.4, -0.2) is 10.8 Å². The summed E-state index contributed by atoms with van der Waals surface area (Å²) >= 11 is 2.26. The van der Waals surface area contributed by atoms with Gasteiger partial charge in [0.1, 0.15) is 0 Å². The molecule has 1 aromatic rings. The summed E-state index contributed by atoms with van der Waals surface area (Å²) in [6.45, 7) is 2.40. The maximum absolute atomic E-state index is 2.40. The van der Waals surface area contributed by atoms with Crippen molar-refractivity contribution in [2.24, 2.45) is 5.92 Å². The predicted octanol–water partition coefficient (Wildman–Crippen LogP) is 4.04. The van der Waals surface area contributed by atoms with Crippen LogP contribution in [0, 0.1) is 5.92 Å². The van der Waals surface area contributed by atoms with Gasteiger partial charge in [0, 0.05) is 6.16 Å². The van der Waals surface area contributed by atoms with Crippen molar-refractivity contribution in [3.05, 3.63) is 35.9 Å². The van der Waals surface area contributed by atoms with Gasteiger partial charge in [0.15, 0.2) is 0 Å². The van der Waals surface area contributed by atoms with Crippen LogP contribution >= 0.6 is 17.5 Å². The largest absolute Gasteiger partial charge is 0.102 e. The first-order chi connectivity index (χ1) is 6.80. The van der Waals surface area contributed by atoms with Crippen LogP contribution in [0.25, 0.3) is 0 Å². The summed E-state index contributed by atoms with van der Waals surface area (Å²) in [4.78, 5) is 0. The lowest BCUT2D eigenvalue weighted by molar-refractivity contribution is 0.775. The Morgan fingerprint density at radius 3 is 2.71 bits per heavy atom. The molecule has 0 aromatic heterocycles. The molecule has 2 aliphatic heterocycles. The summed E-state index contributed by atoms with van der Waals surface area (Å²) in [6.07, 6.45) is 3.75. The highest BCUT2D eigenvalue weighted by atomic mass is 32.8. The molecule has 74 valence electrons. The van der Waals surface area contributed by atoms with Crippen LogP contribution in [0.3, 0.4) is 0 Å². The van der Waals surface area contributed by atoms with Crippen LogP contribution in [0.4, 0.5) is 0 Å². The Morgan fingerprint density at radius 1 is 1.36 bits per heavy atom. The van der Waals surface area contributed by atoms with Crippen molar-refractivity contribution in [2.45, 2.75) is 19.5 Å². The van der Waals surface area contributed by atoms with E-state index in [-0.39, 0.29) is 0 Å². The van der Waals surface area contributed by atoms with Gasteiger partial charge >= 0.3 is 0 Å². The highest BCUT2D eigenvalue weighted by Gasteiger charge is 2.45. The molecule has 0 amide bonds. The third-order valence-electron chi connectivity index (χ3n) is 3.26. The van der Waals surface area contributed by atoms with Gasteiger partial charge in [0.25, 0.3) is 0 Å². The van der Waals surface area contributed by atoms with E-state index in [1.807, 2.05) is 4.63 Å². The summed E-state index contributed by atoms with van der Waals surface area (Å²) < 4.78 is 1.89. The van der Waals surface area contributed by atoms with E-state index in [4.69, 9.17) is 0 Å². The molecular weight excluding hydrogens is 207 g/mol. The van der Waals surface area contributed by atoms with E-state index in [1.165, 1.54) is 18.7 Å². The standard InChI is InChI=1S/C12H15PS/c1-10-7-8-13(12(10)14-13)9-11-5-3-2-4-6-11/h2-6,10H,7-9H2,1H3. The van der Waals surface area contributed by atoms with Crippen LogP contribution in [0.2, 0.25) is 0 Å². The SMILES string of the molecule is CC1CCP2(Cc3ccccc3)=C1S2. The van der Waals surface area contributed by atoms with E-state index in [9.17, 15) is 0 Å². The third kappa shape index (κ3) is 1.38. The molecule has 0 nitrogen and oxygen atoms in total. The van der Waals surface area contributed by atoms with Gasteiger partial charge in [-0.05, 0) is 34.8 Å². The second kappa shape index (κ2) is 3.18. The quantitative estimate of drug-likeness (QED) is 0.681. The molecule has 0 saturated carbocycles. The molecule has 0 radical (unpaired) electrons. The number of benzene rings is 1. The van der Waals surface area contributed by atoms with Crippen molar-refractivity contribution >= 4 is 22.1 Å². The lowest BCUT2D eigenvalue weighted by Crippen LogP contribution is -1.94. The molecule has 0 aliphatic carbocycles. The Kier molecular flexibility index (Phi) is 2.07. The minimum absolute atomic E-state index is 0.598. The highest BCUT2D eigenvalue weighted by molar-refractivity contribution is 8.84. The number of rotatable bonds is 2. The van der Waals surface area contributed by atoms with Crippen LogP contribution < -0.4 is 0 Å². The summed E-state index contributed by atoms with van der Waals surface area (Å²) in [5.74, 6) is 0.928. The van der Waals surface area contributed by atoms with Gasteiger partial charge in [-0.1, -0.05) is 37.3 Å². The van der Waals surface area contributed by atoms with Crippen molar-refractivity contribution in [3.8, 4) is 0 Å². The second-order valence-corrected chi connectivity index (χ2v) is 11.0. The average molecular weight is 222 g/mol. The minimum Gasteiger partial charge on any atom is -0.102 e. The first kappa shape index (κ1) is 9.12. The van der Waals surface area contributed by atoms with Crippen LogP contribution in [0.15, 0.2) is 30.3 Å². The third-order valence-corrected chi connectivity index (χ3v) is 10.9. The van der Waals surface area contributed by atoms with E-state index in [0.717, 1.165) is 5.92 Å². The maximum Gasteiger partial charge on any atom is 0.00221 e. The first-order valence-electron chi connectivity index (χ1n) is 5.28. The zero-order valence-electron chi connectivity index (χ0n) is 8.44. The zero-order valence-corrected chi connectivity index (χ0v) is 10.2. The highest BCUT2D eigenvalue weighted by Crippen LogP contribution is 2.83. The van der Waals surface area contributed by atoms with Gasteiger partial charge < -0.3 is 0 Å². The van der Waals surface area contributed by atoms with Crippen molar-refractivity contribution < 1.29 is 0 Å². The number of hydrogen-bond acceptors (Lipinski definition) is 1. The molecule has 2 aliphatic rings. The van der Waals surface area contributed by atoms with Crippen molar-refractivity contribution in [1.29, 1.82) is 0 Å². The molecule has 0 bridgehead atoms. The van der Waals surface area contributed by atoms with Crippen molar-refractivity contribution in [3.63, 3.8) is 0 Å². The van der Waals surface area contributed by atoms with Gasteiger partial charge in [-0.25, -0.2) is 0 Å². The molecule has 0 spiro atoms. The average Bonchev–Trinajstić information content (AvgIpc) is 2.84. The van der Waals surface area contributed by atoms with E-state index in [0.29, 0.717) is 0 Å². The van der Waals surface area contributed by atoms with Gasteiger partial charge in [-0.2, -0.15) is 0 Å². The van der Waals surface area contributed by atoms with E-state index >= 15 is 0 Å². The summed E-state index contributed by atoms with van der Waals surface area (Å²) in [6, 6.07) is 11.0. The molecule has 0 saturated heterocycles. The first-order valence-corrected chi connectivity index (χ1v) is 8.86. The Balaban J connectivity index is 1.85. The summed E-state index contributed by atoms with van der Waals surface area (Å²) in [7, 11) is 0. The zero-order chi connectivity index (χ0) is 9.60. The molecule has 3 rings (SSSR count). The topological polar surface area (TPSA) is 0 Å². The molecule has 2 heteroatoms. The molecule has 2 atom stereocenters. The van der Waals surface area contributed by atoms with Crippen molar-refractivity contribution in [1.82, 2.24) is 0 Å². The maximum atomic E-state index is 2.40. The van der Waals surface area contributed by atoms with Gasteiger partial charge in [-0.3, -0.25) is 0 Å². The van der Waals surface area contributed by atoms with E-state index in [2.05, 4.69) is 48.6 Å². The fraction of sp³-hybridized carbons (Fsp3) is 0.417. The van der Waals surface area contributed by atoms with Crippen molar-refractivity contribution in [2.75, 3.05) is 6.16 Å². The van der Waals surface area contributed by atoms with Crippen LogP contribution in [-0.2, 0) is 6.16 Å². The lowest BCUT2D eigenvalue weighted by Gasteiger charge is -2.09. The predicted molar refractivity (Wildman–Crippen MR) is 68.3 cm³/mol. The molecule has 0 fully saturated rings. The fourth-order valence-corrected chi connectivity index (χ4v) is 11.0. The second-order valence-electron chi connectivity index (χ2n) is 4.38. The molecule has 14 heavy (non-hydrogen) atoms. The molecule has 2 unspecified atom stereocenters. The number of hydrogen-bond donors (Lipinski definition) is 0. The van der Waals surface area contributed by atoms with E-state index in [1.54, 1.807) is 5.56 Å². The Labute approximate surface area is 89.8 Å². The van der Waals surface area contributed by atoms with Crippen LogP contribution in [0.1, 0.15) is 18.9 Å². The van der Waals surface area contributed by atoms with E-state index < -0.39 is 6.09 Å². The summed E-state index contributed by atoms with van der Waals surface area (Å²) in [5.41, 5.74) is 1.55. The lowest BCUT2D eigenvalue weighted by atomic mass is 10.2. The minimum atomic E-state index is -0.598. The Hall–Kier alpha value is -0.130. The smallest absolute Gasteiger partial charge is 0.00221 e. The molecule has 1 aromatic carbocycles. The Bertz CT molecular complexity index is 408. The van der Waals surface area contributed by atoms with Gasteiger partial charge in [-0.15, -0.1) is 11.4 Å². The van der Waals surface area contributed by atoms with Gasteiger partial charge in [0.05, 0.1) is 0 Å². The molecular formula is C12H15PS. The summed E-state index contributed by atoms with van der Waals surface area (Å²) in [5, 5.41) is 0. The molecule has 0 N–H and O–H groups in total. The monoisotopic (exact) mass is 222 g/mol. The van der Waals surface area contributed by atoms with Crippen LogP contribution in [0.5, 0.6) is 0 Å².